The lowest BCUT2D eigenvalue weighted by Crippen LogP contribution is -2.31. The van der Waals surface area contributed by atoms with Gasteiger partial charge in [-0.1, -0.05) is 23.7 Å². The minimum atomic E-state index is -0.696. The second-order valence-corrected chi connectivity index (χ2v) is 3.68. The fourth-order valence-electron chi connectivity index (χ4n) is 1.41. The minimum absolute atomic E-state index is 0.451. The maximum Gasteiger partial charge on any atom is 0.183 e. The molecule has 0 spiro atoms. The number of rotatable bonds is 5. The van der Waals surface area contributed by atoms with Crippen molar-refractivity contribution in [1.82, 2.24) is 0 Å². The van der Waals surface area contributed by atoms with E-state index in [-0.39, 0.29) is 0 Å². The zero-order valence-corrected chi connectivity index (χ0v) is 9.57. The molecule has 0 saturated heterocycles. The van der Waals surface area contributed by atoms with Gasteiger partial charge in [-0.2, -0.15) is 0 Å². The number of methoxy groups -OCH3 is 2. The topological polar surface area (TPSA) is 38.7 Å². The molecule has 1 atom stereocenters. The fourth-order valence-corrected chi connectivity index (χ4v) is 1.62. The maximum absolute atomic E-state index is 9.76. The van der Waals surface area contributed by atoms with Crippen LogP contribution in [0, 0.1) is 0 Å². The average molecular weight is 231 g/mol. The summed E-state index contributed by atoms with van der Waals surface area (Å²) in [7, 11) is 2.99. The van der Waals surface area contributed by atoms with E-state index in [1.807, 2.05) is 18.2 Å². The summed E-state index contributed by atoms with van der Waals surface area (Å²) < 4.78 is 9.92. The maximum atomic E-state index is 9.76. The highest BCUT2D eigenvalue weighted by Crippen LogP contribution is 2.14. The quantitative estimate of drug-likeness (QED) is 0.785. The van der Waals surface area contributed by atoms with Crippen LogP contribution in [0.5, 0.6) is 0 Å². The molecule has 0 bridgehead atoms. The second kappa shape index (κ2) is 6.08. The molecular formula is C11H15ClO3. The number of aliphatic hydroxyl groups is 1. The molecule has 0 saturated carbocycles. The first-order valence-corrected chi connectivity index (χ1v) is 5.03. The van der Waals surface area contributed by atoms with E-state index in [1.54, 1.807) is 6.07 Å². The molecule has 1 aromatic carbocycles. The van der Waals surface area contributed by atoms with E-state index < -0.39 is 12.4 Å². The van der Waals surface area contributed by atoms with E-state index >= 15 is 0 Å². The molecule has 0 fully saturated rings. The van der Waals surface area contributed by atoms with Gasteiger partial charge in [0.25, 0.3) is 0 Å². The number of hydrogen-bond donors (Lipinski definition) is 1. The average Bonchev–Trinajstić information content (AvgIpc) is 2.19. The van der Waals surface area contributed by atoms with Crippen molar-refractivity contribution < 1.29 is 14.6 Å². The Labute approximate surface area is 94.6 Å². The second-order valence-electron chi connectivity index (χ2n) is 3.24. The molecule has 1 aromatic rings. The van der Waals surface area contributed by atoms with E-state index in [0.717, 1.165) is 5.56 Å². The van der Waals surface area contributed by atoms with E-state index in [1.165, 1.54) is 14.2 Å². The predicted molar refractivity (Wildman–Crippen MR) is 59.0 cm³/mol. The van der Waals surface area contributed by atoms with Crippen LogP contribution in [0.3, 0.4) is 0 Å². The van der Waals surface area contributed by atoms with Gasteiger partial charge in [-0.05, 0) is 17.7 Å². The van der Waals surface area contributed by atoms with Gasteiger partial charge < -0.3 is 14.6 Å². The van der Waals surface area contributed by atoms with E-state index in [0.29, 0.717) is 11.4 Å². The van der Waals surface area contributed by atoms with Gasteiger partial charge in [0.1, 0.15) is 6.10 Å². The van der Waals surface area contributed by atoms with E-state index in [9.17, 15) is 5.11 Å². The normalized spacial score (nSPS) is 13.1. The SMILES string of the molecule is COC(OC)C(O)Cc1cccc(Cl)c1. The Balaban J connectivity index is 2.61. The van der Waals surface area contributed by atoms with Gasteiger partial charge in [0, 0.05) is 25.7 Å². The lowest BCUT2D eigenvalue weighted by molar-refractivity contribution is -0.163. The minimum Gasteiger partial charge on any atom is -0.387 e. The summed E-state index contributed by atoms with van der Waals surface area (Å²) in [6, 6.07) is 7.35. The number of ether oxygens (including phenoxy) is 2. The molecule has 1 rings (SSSR count). The molecule has 0 amide bonds. The van der Waals surface area contributed by atoms with Crippen LogP contribution in [-0.2, 0) is 15.9 Å². The largest absolute Gasteiger partial charge is 0.387 e. The zero-order chi connectivity index (χ0) is 11.3. The third-order valence-corrected chi connectivity index (χ3v) is 2.35. The number of benzene rings is 1. The van der Waals surface area contributed by atoms with Crippen LogP contribution in [0.1, 0.15) is 5.56 Å². The number of hydrogen-bond acceptors (Lipinski definition) is 3. The molecule has 1 unspecified atom stereocenters. The van der Waals surface area contributed by atoms with Gasteiger partial charge in [-0.3, -0.25) is 0 Å². The van der Waals surface area contributed by atoms with Gasteiger partial charge in [-0.15, -0.1) is 0 Å². The standard InChI is InChI=1S/C11H15ClO3/c1-14-11(15-2)10(13)7-8-4-3-5-9(12)6-8/h3-6,10-11,13H,7H2,1-2H3. The Hall–Kier alpha value is -0.610. The van der Waals surface area contributed by atoms with E-state index in [4.69, 9.17) is 21.1 Å². The molecular weight excluding hydrogens is 216 g/mol. The third-order valence-electron chi connectivity index (χ3n) is 2.11. The van der Waals surface area contributed by atoms with Crippen molar-refractivity contribution in [3.63, 3.8) is 0 Å². The molecule has 1 N–H and O–H groups in total. The van der Waals surface area contributed by atoms with Gasteiger partial charge >= 0.3 is 0 Å². The van der Waals surface area contributed by atoms with Crippen molar-refractivity contribution in [2.45, 2.75) is 18.8 Å². The zero-order valence-electron chi connectivity index (χ0n) is 8.81. The van der Waals surface area contributed by atoms with Gasteiger partial charge in [0.2, 0.25) is 0 Å². The number of halogens is 1. The Morgan fingerprint density at radius 3 is 2.53 bits per heavy atom. The summed E-state index contributed by atoms with van der Waals surface area (Å²) in [5.74, 6) is 0. The summed E-state index contributed by atoms with van der Waals surface area (Å²) in [4.78, 5) is 0. The van der Waals surface area contributed by atoms with Crippen LogP contribution in [0.15, 0.2) is 24.3 Å². The molecule has 15 heavy (non-hydrogen) atoms. The predicted octanol–water partition coefficient (Wildman–Crippen LogP) is 1.86. The summed E-state index contributed by atoms with van der Waals surface area (Å²) in [6.07, 6.45) is -0.852. The lowest BCUT2D eigenvalue weighted by atomic mass is 10.1. The first kappa shape index (κ1) is 12.5. The summed E-state index contributed by atoms with van der Waals surface area (Å²) >= 11 is 5.83. The van der Waals surface area contributed by atoms with Crippen LogP contribution in [0.4, 0.5) is 0 Å². The van der Waals surface area contributed by atoms with Gasteiger partial charge in [0.15, 0.2) is 6.29 Å². The van der Waals surface area contributed by atoms with Crippen molar-refractivity contribution in [3.8, 4) is 0 Å². The van der Waals surface area contributed by atoms with Crippen molar-refractivity contribution in [3.05, 3.63) is 34.9 Å². The Kier molecular flexibility index (Phi) is 5.05. The molecule has 3 nitrogen and oxygen atoms in total. The van der Waals surface area contributed by atoms with Crippen LogP contribution in [-0.4, -0.2) is 31.7 Å². The molecule has 0 aromatic heterocycles. The van der Waals surface area contributed by atoms with Crippen molar-refractivity contribution >= 4 is 11.6 Å². The monoisotopic (exact) mass is 230 g/mol. The summed E-state index contributed by atoms with van der Waals surface area (Å²) in [5, 5.41) is 10.4. The Morgan fingerprint density at radius 2 is 2.00 bits per heavy atom. The fraction of sp³-hybridized carbons (Fsp3) is 0.455. The molecule has 4 heteroatoms. The molecule has 0 aliphatic rings. The molecule has 84 valence electrons. The Morgan fingerprint density at radius 1 is 1.33 bits per heavy atom. The first-order chi connectivity index (χ1) is 7.17. The molecule has 0 radical (unpaired) electrons. The van der Waals surface area contributed by atoms with Gasteiger partial charge in [-0.25, -0.2) is 0 Å². The van der Waals surface area contributed by atoms with Crippen LogP contribution < -0.4 is 0 Å². The highest BCUT2D eigenvalue weighted by molar-refractivity contribution is 6.30. The van der Waals surface area contributed by atoms with Crippen LogP contribution in [0.2, 0.25) is 5.02 Å². The highest BCUT2D eigenvalue weighted by Gasteiger charge is 2.18. The molecule has 0 aliphatic carbocycles. The van der Waals surface area contributed by atoms with Gasteiger partial charge in [0.05, 0.1) is 0 Å². The van der Waals surface area contributed by atoms with Crippen molar-refractivity contribution in [2.24, 2.45) is 0 Å². The first-order valence-electron chi connectivity index (χ1n) is 4.65. The summed E-state index contributed by atoms with van der Waals surface area (Å²) in [5.41, 5.74) is 0.953. The third kappa shape index (κ3) is 3.80. The smallest absolute Gasteiger partial charge is 0.183 e. The van der Waals surface area contributed by atoms with Crippen LogP contribution >= 0.6 is 11.6 Å². The highest BCUT2D eigenvalue weighted by atomic mass is 35.5. The molecule has 0 heterocycles. The van der Waals surface area contributed by atoms with E-state index in [2.05, 4.69) is 0 Å². The number of aliphatic hydroxyl groups excluding tert-OH is 1. The van der Waals surface area contributed by atoms with Crippen molar-refractivity contribution in [1.29, 1.82) is 0 Å². The summed E-state index contributed by atoms with van der Waals surface area (Å²) in [6.45, 7) is 0. The van der Waals surface area contributed by atoms with Crippen LogP contribution in [0.25, 0.3) is 0 Å². The lowest BCUT2D eigenvalue weighted by Gasteiger charge is -2.19. The van der Waals surface area contributed by atoms with Crippen molar-refractivity contribution in [2.75, 3.05) is 14.2 Å². The Bertz CT molecular complexity index is 300. The molecule has 0 aliphatic heterocycles.